The number of hydrogen-bond donors (Lipinski definition) is 3. The Bertz CT molecular complexity index is 183. The first kappa shape index (κ1) is 10.7. The van der Waals surface area contributed by atoms with Gasteiger partial charge in [-0.25, -0.2) is 0 Å². The SMILES string of the molecule is C/C=C(/N)CCC[SH](C)(N)=O. The Morgan fingerprint density at radius 3 is 2.55 bits per heavy atom. The summed E-state index contributed by atoms with van der Waals surface area (Å²) in [6.07, 6.45) is 5.07. The van der Waals surface area contributed by atoms with E-state index in [0.29, 0.717) is 5.75 Å². The maximum absolute atomic E-state index is 11.0. The minimum Gasteiger partial charge on any atom is -0.402 e. The van der Waals surface area contributed by atoms with Crippen molar-refractivity contribution in [3.63, 3.8) is 0 Å². The lowest BCUT2D eigenvalue weighted by Gasteiger charge is -2.10. The smallest absolute Gasteiger partial charge is 0.0127 e. The molecule has 0 heterocycles. The van der Waals surface area contributed by atoms with E-state index in [1.807, 2.05) is 13.0 Å². The van der Waals surface area contributed by atoms with Crippen molar-refractivity contribution in [1.29, 1.82) is 0 Å². The van der Waals surface area contributed by atoms with Crippen LogP contribution in [-0.4, -0.2) is 16.2 Å². The molecule has 0 aliphatic heterocycles. The number of thiol groups is 1. The van der Waals surface area contributed by atoms with E-state index < -0.39 is 10.1 Å². The topological polar surface area (TPSA) is 69.1 Å². The molecule has 0 aromatic rings. The zero-order chi connectivity index (χ0) is 8.91. The fraction of sp³-hybridized carbons (Fsp3) is 0.714. The van der Waals surface area contributed by atoms with Gasteiger partial charge in [0.2, 0.25) is 0 Å². The van der Waals surface area contributed by atoms with Crippen LogP contribution in [0.4, 0.5) is 0 Å². The van der Waals surface area contributed by atoms with E-state index in [2.05, 4.69) is 0 Å². The van der Waals surface area contributed by atoms with Crippen LogP contribution >= 0.6 is 0 Å². The molecular formula is C7H18N2OS. The van der Waals surface area contributed by atoms with E-state index in [9.17, 15) is 4.21 Å². The van der Waals surface area contributed by atoms with Gasteiger partial charge in [0.15, 0.2) is 0 Å². The van der Waals surface area contributed by atoms with Crippen LogP contribution in [-0.2, 0) is 10.1 Å². The predicted octanol–water partition coefficient (Wildman–Crippen LogP) is 0.149. The summed E-state index contributed by atoms with van der Waals surface area (Å²) in [5.74, 6) is 0.585. The maximum Gasteiger partial charge on any atom is 0.0127 e. The van der Waals surface area contributed by atoms with Gasteiger partial charge in [0, 0.05) is 17.7 Å². The number of allylic oxidation sites excluding steroid dienone is 2. The summed E-state index contributed by atoms with van der Waals surface area (Å²) in [5, 5.41) is 5.36. The molecule has 0 aromatic heterocycles. The van der Waals surface area contributed by atoms with Crippen molar-refractivity contribution in [3.8, 4) is 0 Å². The van der Waals surface area contributed by atoms with Gasteiger partial charge in [0.1, 0.15) is 0 Å². The van der Waals surface area contributed by atoms with Crippen LogP contribution in [0.3, 0.4) is 0 Å². The van der Waals surface area contributed by atoms with Gasteiger partial charge < -0.3 is 5.73 Å². The highest BCUT2D eigenvalue weighted by atomic mass is 32.3. The zero-order valence-corrected chi connectivity index (χ0v) is 8.10. The van der Waals surface area contributed by atoms with Crippen LogP contribution in [0.15, 0.2) is 11.8 Å². The highest BCUT2D eigenvalue weighted by Crippen LogP contribution is 2.01. The van der Waals surface area contributed by atoms with Gasteiger partial charge in [-0.2, -0.15) is 0 Å². The van der Waals surface area contributed by atoms with Gasteiger partial charge in [0.05, 0.1) is 0 Å². The van der Waals surface area contributed by atoms with Crippen molar-refractivity contribution < 1.29 is 4.21 Å². The molecule has 4 N–H and O–H groups in total. The standard InChI is InChI=1S/C7H18N2OS/c1-3-7(8)5-4-6-11(2,9)10/h3,11H,4-6,8H2,1-2H3,(H2,9,10)/b7-3+. The van der Waals surface area contributed by atoms with Gasteiger partial charge in [-0.05, 0) is 19.8 Å². The normalized spacial score (nSPS) is 15.0. The molecule has 0 unspecified atom stereocenters. The number of rotatable bonds is 4. The summed E-state index contributed by atoms with van der Waals surface area (Å²) in [7, 11) is -2.32. The summed E-state index contributed by atoms with van der Waals surface area (Å²) in [6, 6.07) is 0. The zero-order valence-electron chi connectivity index (χ0n) is 7.21. The van der Waals surface area contributed by atoms with Crippen molar-refractivity contribution in [2.75, 3.05) is 12.0 Å². The van der Waals surface area contributed by atoms with Crippen molar-refractivity contribution in [3.05, 3.63) is 11.8 Å². The molecule has 4 heteroatoms. The summed E-state index contributed by atoms with van der Waals surface area (Å²) in [5.41, 5.74) is 6.38. The van der Waals surface area contributed by atoms with Gasteiger partial charge in [-0.1, -0.05) is 16.2 Å². The monoisotopic (exact) mass is 178 g/mol. The molecule has 0 aliphatic carbocycles. The van der Waals surface area contributed by atoms with Crippen LogP contribution < -0.4 is 10.9 Å². The van der Waals surface area contributed by atoms with E-state index in [0.717, 1.165) is 18.5 Å². The average Bonchev–Trinajstić information content (AvgIpc) is 1.85. The van der Waals surface area contributed by atoms with Crippen LogP contribution in [0.2, 0.25) is 0 Å². The second kappa shape index (κ2) is 4.51. The fourth-order valence-corrected chi connectivity index (χ4v) is 1.53. The molecule has 0 spiro atoms. The van der Waals surface area contributed by atoms with Crippen LogP contribution in [0.25, 0.3) is 0 Å². The Kier molecular flexibility index (Phi) is 4.37. The Hall–Kier alpha value is -0.350. The lowest BCUT2D eigenvalue weighted by molar-refractivity contribution is 0.672. The average molecular weight is 178 g/mol. The molecule has 0 atom stereocenters. The van der Waals surface area contributed by atoms with Gasteiger partial charge in [-0.3, -0.25) is 9.35 Å². The van der Waals surface area contributed by atoms with Crippen molar-refractivity contribution in [1.82, 2.24) is 0 Å². The Balaban J connectivity index is 3.51. The van der Waals surface area contributed by atoms with Crippen molar-refractivity contribution in [2.24, 2.45) is 10.9 Å². The first-order valence-corrected chi connectivity index (χ1v) is 6.12. The molecule has 0 aromatic carbocycles. The molecule has 68 valence electrons. The molecular weight excluding hydrogens is 160 g/mol. The van der Waals surface area contributed by atoms with E-state index in [-0.39, 0.29) is 0 Å². The molecule has 0 amide bonds. The van der Waals surface area contributed by atoms with Gasteiger partial charge in [0.25, 0.3) is 0 Å². The van der Waals surface area contributed by atoms with E-state index in [1.54, 1.807) is 6.26 Å². The lowest BCUT2D eigenvalue weighted by atomic mass is 10.2. The summed E-state index contributed by atoms with van der Waals surface area (Å²) < 4.78 is 11.0. The molecule has 0 rings (SSSR count). The van der Waals surface area contributed by atoms with E-state index >= 15 is 0 Å². The Morgan fingerprint density at radius 1 is 1.64 bits per heavy atom. The maximum atomic E-state index is 11.0. The van der Waals surface area contributed by atoms with Crippen molar-refractivity contribution >= 4 is 10.1 Å². The fourth-order valence-electron chi connectivity index (χ4n) is 0.741. The Morgan fingerprint density at radius 2 is 2.18 bits per heavy atom. The number of hydrogen-bond acceptors (Lipinski definition) is 2. The number of nitrogens with two attached hydrogens (primary N) is 2. The molecule has 0 aliphatic rings. The minimum absolute atomic E-state index is 0.585. The third-order valence-corrected chi connectivity index (χ3v) is 2.64. The first-order chi connectivity index (χ1) is 4.95. The quantitative estimate of drug-likeness (QED) is 0.536. The lowest BCUT2D eigenvalue weighted by Crippen LogP contribution is -2.24. The van der Waals surface area contributed by atoms with Crippen molar-refractivity contribution in [2.45, 2.75) is 19.8 Å². The predicted molar refractivity (Wildman–Crippen MR) is 51.7 cm³/mol. The van der Waals surface area contributed by atoms with Crippen LogP contribution in [0, 0.1) is 0 Å². The minimum atomic E-state index is -2.32. The highest BCUT2D eigenvalue weighted by Gasteiger charge is 1.99. The molecule has 0 saturated carbocycles. The molecule has 0 fully saturated rings. The van der Waals surface area contributed by atoms with Gasteiger partial charge in [-0.15, -0.1) is 0 Å². The Labute approximate surface area is 69.4 Å². The first-order valence-electron chi connectivity index (χ1n) is 3.71. The molecule has 0 saturated heterocycles. The third-order valence-electron chi connectivity index (χ3n) is 1.44. The molecule has 3 nitrogen and oxygen atoms in total. The van der Waals surface area contributed by atoms with E-state index in [1.165, 1.54) is 0 Å². The summed E-state index contributed by atoms with van der Waals surface area (Å²) in [4.78, 5) is 0. The largest absolute Gasteiger partial charge is 0.402 e. The second-order valence-electron chi connectivity index (χ2n) is 2.86. The van der Waals surface area contributed by atoms with Crippen LogP contribution in [0.1, 0.15) is 19.8 Å². The van der Waals surface area contributed by atoms with Gasteiger partial charge >= 0.3 is 0 Å². The molecule has 0 bridgehead atoms. The van der Waals surface area contributed by atoms with E-state index in [4.69, 9.17) is 10.9 Å². The highest BCUT2D eigenvalue weighted by molar-refractivity contribution is 8.00. The summed E-state index contributed by atoms with van der Waals surface area (Å²) in [6.45, 7) is 1.89. The summed E-state index contributed by atoms with van der Waals surface area (Å²) >= 11 is 0. The molecule has 0 radical (unpaired) electrons. The second-order valence-corrected chi connectivity index (χ2v) is 5.66. The third kappa shape index (κ3) is 7.55. The van der Waals surface area contributed by atoms with Crippen LogP contribution in [0.5, 0.6) is 0 Å². The molecule has 11 heavy (non-hydrogen) atoms.